The molecule has 1 unspecified atom stereocenters. The molecule has 2 aromatic heterocycles. The Kier molecular flexibility index (Phi) is 6.92. The Morgan fingerprint density at radius 1 is 1.16 bits per heavy atom. The highest BCUT2D eigenvalue weighted by atomic mass is 35.5. The van der Waals surface area contributed by atoms with E-state index >= 15 is 0 Å². The molecule has 9 nitrogen and oxygen atoms in total. The number of nitrogens with zero attached hydrogens (tertiary/aromatic N) is 5. The third kappa shape index (κ3) is 4.83. The average molecular weight is 553 g/mol. The minimum Gasteiger partial charge on any atom is -0.395 e. The van der Waals surface area contributed by atoms with Crippen LogP contribution in [-0.4, -0.2) is 58.5 Å². The number of aliphatic hydroxyl groups is 1. The molecule has 0 saturated heterocycles. The molecule has 2 aliphatic rings. The Balaban J connectivity index is 1.48. The maximum Gasteiger partial charge on any atom is 0.284 e. The normalized spacial score (nSPS) is 16.6. The van der Waals surface area contributed by atoms with Gasteiger partial charge in [-0.05, 0) is 67.6 Å². The van der Waals surface area contributed by atoms with Gasteiger partial charge in [-0.3, -0.25) is 14.3 Å². The van der Waals surface area contributed by atoms with Gasteiger partial charge in [0.1, 0.15) is 17.0 Å². The van der Waals surface area contributed by atoms with Crippen molar-refractivity contribution < 1.29 is 9.32 Å². The first-order chi connectivity index (χ1) is 18.4. The summed E-state index contributed by atoms with van der Waals surface area (Å²) in [4.78, 5) is 21.2. The maximum atomic E-state index is 14.1. The lowest BCUT2D eigenvalue weighted by molar-refractivity contribution is 0.184. The number of benzene rings is 2. The van der Waals surface area contributed by atoms with Crippen molar-refractivity contribution in [3.05, 3.63) is 80.5 Å². The van der Waals surface area contributed by atoms with Gasteiger partial charge in [-0.2, -0.15) is 5.10 Å². The molecular formula is C27H29ClN6O3S. The summed E-state index contributed by atoms with van der Waals surface area (Å²) in [5.74, 6) is 0.542. The summed E-state index contributed by atoms with van der Waals surface area (Å²) in [6.07, 6.45) is 2.82. The lowest BCUT2D eigenvalue weighted by atomic mass is 9.99. The van der Waals surface area contributed by atoms with E-state index in [-0.39, 0.29) is 24.0 Å². The molecule has 38 heavy (non-hydrogen) atoms. The van der Waals surface area contributed by atoms with Crippen LogP contribution in [0.3, 0.4) is 0 Å². The minimum atomic E-state index is -1.15. The van der Waals surface area contributed by atoms with Crippen LogP contribution in [0.4, 0.5) is 0 Å². The van der Waals surface area contributed by atoms with Crippen molar-refractivity contribution in [1.29, 1.82) is 0 Å². The molecule has 0 spiro atoms. The zero-order valence-corrected chi connectivity index (χ0v) is 22.6. The lowest BCUT2D eigenvalue weighted by Crippen LogP contribution is -2.33. The predicted molar refractivity (Wildman–Crippen MR) is 148 cm³/mol. The van der Waals surface area contributed by atoms with Crippen molar-refractivity contribution in [1.82, 2.24) is 29.0 Å². The summed E-state index contributed by atoms with van der Waals surface area (Å²) in [7, 11) is -1.15. The van der Waals surface area contributed by atoms with Crippen LogP contribution in [0.5, 0.6) is 0 Å². The van der Waals surface area contributed by atoms with Gasteiger partial charge in [-0.25, -0.2) is 18.6 Å². The summed E-state index contributed by atoms with van der Waals surface area (Å²) in [6, 6.07) is 13.3. The van der Waals surface area contributed by atoms with Crippen molar-refractivity contribution in [2.75, 3.05) is 19.7 Å². The number of fused-ring (bicyclic) bond motifs is 2. The second-order valence-electron chi connectivity index (χ2n) is 9.86. The van der Waals surface area contributed by atoms with E-state index in [1.54, 1.807) is 21.4 Å². The first-order valence-electron chi connectivity index (χ1n) is 12.8. The molecule has 2 aromatic carbocycles. The van der Waals surface area contributed by atoms with E-state index in [1.807, 2.05) is 31.2 Å². The Hall–Kier alpha value is -2.89. The van der Waals surface area contributed by atoms with Crippen LogP contribution in [0.25, 0.3) is 22.4 Å². The third-order valence-corrected chi connectivity index (χ3v) is 8.89. The fourth-order valence-electron chi connectivity index (χ4n) is 5.06. The van der Waals surface area contributed by atoms with Crippen molar-refractivity contribution in [2.45, 2.75) is 44.5 Å². The predicted octanol–water partition coefficient (Wildman–Crippen LogP) is 2.80. The van der Waals surface area contributed by atoms with Gasteiger partial charge in [-0.1, -0.05) is 23.7 Å². The van der Waals surface area contributed by atoms with Crippen LogP contribution in [0.2, 0.25) is 5.02 Å². The molecule has 1 aliphatic heterocycles. The van der Waals surface area contributed by atoms with E-state index in [2.05, 4.69) is 15.7 Å². The fraction of sp³-hybridized carbons (Fsp3) is 0.370. The van der Waals surface area contributed by atoms with E-state index in [4.69, 9.17) is 21.7 Å². The number of hydrogen-bond donors (Lipinski definition) is 2. The number of aliphatic hydroxyl groups excluding tert-OH is 1. The van der Waals surface area contributed by atoms with Crippen LogP contribution in [0.15, 0.2) is 47.3 Å². The van der Waals surface area contributed by atoms with E-state index in [1.165, 1.54) is 5.56 Å². The quantitative estimate of drug-likeness (QED) is 0.348. The molecule has 11 heteroatoms. The molecule has 1 fully saturated rings. The van der Waals surface area contributed by atoms with E-state index in [0.717, 1.165) is 43.6 Å². The molecule has 0 amide bonds. The zero-order chi connectivity index (χ0) is 26.4. The number of nitrogens with one attached hydrogen (secondary N) is 1. The summed E-state index contributed by atoms with van der Waals surface area (Å²) in [5, 5.41) is 14.8. The lowest BCUT2D eigenvalue weighted by Gasteiger charge is -2.28. The highest BCUT2D eigenvalue weighted by Gasteiger charge is 2.29. The van der Waals surface area contributed by atoms with Crippen molar-refractivity contribution in [3.63, 3.8) is 0 Å². The first kappa shape index (κ1) is 25.4. The molecule has 0 bridgehead atoms. The smallest absolute Gasteiger partial charge is 0.284 e. The van der Waals surface area contributed by atoms with Gasteiger partial charge in [-0.15, -0.1) is 0 Å². The van der Waals surface area contributed by atoms with E-state index in [0.29, 0.717) is 39.8 Å². The Morgan fingerprint density at radius 2 is 2.00 bits per heavy atom. The molecule has 4 aromatic rings. The van der Waals surface area contributed by atoms with Gasteiger partial charge in [0.15, 0.2) is 5.52 Å². The van der Waals surface area contributed by atoms with E-state index in [9.17, 15) is 14.1 Å². The van der Waals surface area contributed by atoms with Gasteiger partial charge < -0.3 is 5.11 Å². The molecule has 0 radical (unpaired) electrons. The van der Waals surface area contributed by atoms with Crippen molar-refractivity contribution >= 4 is 33.6 Å². The average Bonchev–Trinajstić information content (AvgIpc) is 3.69. The topological polar surface area (TPSA) is 105 Å². The molecule has 6 rings (SSSR count). The van der Waals surface area contributed by atoms with Gasteiger partial charge in [0, 0.05) is 29.9 Å². The molecule has 1 saturated carbocycles. The molecule has 1 aliphatic carbocycles. The number of aryl methyl sites for hydroxylation is 1. The van der Waals surface area contributed by atoms with Crippen LogP contribution in [0, 0.1) is 6.92 Å². The van der Waals surface area contributed by atoms with E-state index < -0.39 is 11.0 Å². The standard InChI is InChI=1S/C27H29ClN6O3S/c1-17-30-25-24(15-29-38(37)23-7-8-23)31-34(22-4-2-3-20(28)14-22)26(25)27(36)33(17)21-6-5-18-9-10-32(11-12-35)16-19(18)13-21/h2-6,13-14,23,29,35H,7-12,15-16H2,1H3. The molecule has 1 atom stereocenters. The number of halogens is 1. The third-order valence-electron chi connectivity index (χ3n) is 7.15. The first-order valence-corrected chi connectivity index (χ1v) is 14.4. The highest BCUT2D eigenvalue weighted by molar-refractivity contribution is 7.83. The Bertz CT molecular complexity index is 1610. The SMILES string of the molecule is Cc1nc2c(CNS(=O)C3CC3)nn(-c3cccc(Cl)c3)c2c(=O)n1-c1ccc2c(c1)CN(CCO)CC2. The summed E-state index contributed by atoms with van der Waals surface area (Å²) in [6.45, 7) is 4.42. The van der Waals surface area contributed by atoms with Crippen LogP contribution in [0.1, 0.15) is 35.5 Å². The summed E-state index contributed by atoms with van der Waals surface area (Å²) >= 11 is 6.28. The Morgan fingerprint density at radius 3 is 2.76 bits per heavy atom. The fourth-order valence-corrected chi connectivity index (χ4v) is 6.32. The second-order valence-corrected chi connectivity index (χ2v) is 11.8. The number of aromatic nitrogens is 4. The number of rotatable bonds is 8. The monoisotopic (exact) mass is 552 g/mol. The van der Waals surface area contributed by atoms with Crippen LogP contribution >= 0.6 is 11.6 Å². The summed E-state index contributed by atoms with van der Waals surface area (Å²) < 4.78 is 18.7. The molecular weight excluding hydrogens is 524 g/mol. The molecule has 2 N–H and O–H groups in total. The minimum absolute atomic E-state index is 0.118. The molecule has 198 valence electrons. The van der Waals surface area contributed by atoms with Gasteiger partial charge in [0.25, 0.3) is 5.56 Å². The zero-order valence-electron chi connectivity index (χ0n) is 21.1. The van der Waals surface area contributed by atoms with Gasteiger partial charge >= 0.3 is 0 Å². The number of hydrogen-bond acceptors (Lipinski definition) is 6. The van der Waals surface area contributed by atoms with Gasteiger partial charge in [0.05, 0.1) is 35.5 Å². The molecule has 3 heterocycles. The van der Waals surface area contributed by atoms with Crippen LogP contribution < -0.4 is 10.3 Å². The Labute approximate surface area is 227 Å². The maximum absolute atomic E-state index is 14.1. The summed E-state index contributed by atoms with van der Waals surface area (Å²) in [5.41, 5.74) is 4.93. The van der Waals surface area contributed by atoms with Gasteiger partial charge in [0.2, 0.25) is 0 Å². The highest BCUT2D eigenvalue weighted by Crippen LogP contribution is 2.27. The van der Waals surface area contributed by atoms with Crippen LogP contribution in [-0.2, 0) is 30.5 Å². The second kappa shape index (κ2) is 10.3. The van der Waals surface area contributed by atoms with Crippen molar-refractivity contribution in [2.24, 2.45) is 0 Å². The largest absolute Gasteiger partial charge is 0.395 e. The van der Waals surface area contributed by atoms with Crippen molar-refractivity contribution in [3.8, 4) is 11.4 Å². The number of β-amino-alcohol motifs (C(OH)–C–C–N with tert-alkyl or cyclic N) is 1.